The van der Waals surface area contributed by atoms with Crippen LogP contribution in [0.15, 0.2) is 103 Å². The standard InChI is InChI=1S/C28H25N3O3/c32-27(19-31-28(33)24-14-12-23(13-15-24)22-8-2-1-3-9-22)30-18-21-7-6-11-26(17-21)34-20-25-10-4-5-16-29-25/h1-17H,18-20H2,(H,30,32)(H,31,33). The fraction of sp³-hybridized carbons (Fsp3) is 0.107. The molecule has 0 saturated carbocycles. The van der Waals surface area contributed by atoms with Crippen molar-refractivity contribution in [1.82, 2.24) is 15.6 Å². The van der Waals surface area contributed by atoms with Crippen molar-refractivity contribution in [3.05, 3.63) is 120 Å². The average molecular weight is 452 g/mol. The topological polar surface area (TPSA) is 80.3 Å². The third-order valence-electron chi connectivity index (χ3n) is 5.16. The Bertz CT molecular complexity index is 1230. The predicted octanol–water partition coefficient (Wildman–Crippen LogP) is 4.37. The van der Waals surface area contributed by atoms with E-state index in [1.807, 2.05) is 84.9 Å². The first-order valence-electron chi connectivity index (χ1n) is 11.0. The molecule has 0 aliphatic heterocycles. The van der Waals surface area contributed by atoms with Gasteiger partial charge in [-0.1, -0.05) is 60.7 Å². The molecular weight excluding hydrogens is 426 g/mol. The van der Waals surface area contributed by atoms with Crippen molar-refractivity contribution in [3.8, 4) is 16.9 Å². The number of carbonyl (C=O) groups is 2. The minimum absolute atomic E-state index is 0.102. The highest BCUT2D eigenvalue weighted by Gasteiger charge is 2.09. The number of ether oxygens (including phenoxy) is 1. The maximum absolute atomic E-state index is 12.4. The first-order valence-corrected chi connectivity index (χ1v) is 11.0. The van der Waals surface area contributed by atoms with E-state index in [1.165, 1.54) is 0 Å². The van der Waals surface area contributed by atoms with E-state index >= 15 is 0 Å². The zero-order chi connectivity index (χ0) is 23.6. The molecule has 2 amide bonds. The Balaban J connectivity index is 1.22. The molecule has 6 nitrogen and oxygen atoms in total. The van der Waals surface area contributed by atoms with Gasteiger partial charge < -0.3 is 15.4 Å². The van der Waals surface area contributed by atoms with Gasteiger partial charge in [-0.25, -0.2) is 0 Å². The van der Waals surface area contributed by atoms with Crippen LogP contribution < -0.4 is 15.4 Å². The van der Waals surface area contributed by atoms with Crippen LogP contribution in [0.2, 0.25) is 0 Å². The molecule has 0 atom stereocenters. The van der Waals surface area contributed by atoms with Crippen molar-refractivity contribution >= 4 is 11.8 Å². The Kier molecular flexibility index (Phi) is 7.64. The molecule has 2 N–H and O–H groups in total. The molecule has 34 heavy (non-hydrogen) atoms. The molecule has 4 rings (SSSR count). The van der Waals surface area contributed by atoms with E-state index in [1.54, 1.807) is 18.3 Å². The van der Waals surface area contributed by atoms with E-state index in [4.69, 9.17) is 4.74 Å². The first-order chi connectivity index (χ1) is 16.7. The second-order valence-electron chi connectivity index (χ2n) is 7.66. The zero-order valence-corrected chi connectivity index (χ0v) is 18.6. The number of nitrogens with one attached hydrogen (secondary N) is 2. The van der Waals surface area contributed by atoms with Crippen LogP contribution in [0.25, 0.3) is 11.1 Å². The number of rotatable bonds is 9. The summed E-state index contributed by atoms with van der Waals surface area (Å²) in [6.45, 7) is 0.603. The smallest absolute Gasteiger partial charge is 0.251 e. The van der Waals surface area contributed by atoms with Crippen molar-refractivity contribution in [1.29, 1.82) is 0 Å². The van der Waals surface area contributed by atoms with Crippen molar-refractivity contribution in [2.24, 2.45) is 0 Å². The molecular formula is C28H25N3O3. The van der Waals surface area contributed by atoms with Crippen LogP contribution >= 0.6 is 0 Å². The summed E-state index contributed by atoms with van der Waals surface area (Å²) in [6, 6.07) is 30.4. The van der Waals surface area contributed by atoms with E-state index in [9.17, 15) is 9.59 Å². The number of amides is 2. The first kappa shape index (κ1) is 22.7. The Hall–Kier alpha value is -4.45. The summed E-state index contributed by atoms with van der Waals surface area (Å²) >= 11 is 0. The summed E-state index contributed by atoms with van der Waals surface area (Å²) in [5.41, 5.74) is 4.35. The molecule has 170 valence electrons. The van der Waals surface area contributed by atoms with Crippen LogP contribution in [0.1, 0.15) is 21.6 Å². The summed E-state index contributed by atoms with van der Waals surface area (Å²) in [6.07, 6.45) is 1.73. The molecule has 0 aliphatic rings. The predicted molar refractivity (Wildman–Crippen MR) is 131 cm³/mol. The fourth-order valence-electron chi connectivity index (χ4n) is 3.36. The van der Waals surface area contributed by atoms with Gasteiger partial charge in [0.15, 0.2) is 0 Å². The lowest BCUT2D eigenvalue weighted by Gasteiger charge is -2.10. The van der Waals surface area contributed by atoms with Gasteiger partial charge in [-0.05, 0) is 53.1 Å². The normalized spacial score (nSPS) is 10.4. The van der Waals surface area contributed by atoms with Gasteiger partial charge in [0.2, 0.25) is 5.91 Å². The number of pyridine rings is 1. The Morgan fingerprint density at radius 1 is 0.765 bits per heavy atom. The summed E-state index contributed by atoms with van der Waals surface area (Å²) < 4.78 is 5.77. The number of nitrogens with zero attached hydrogens (tertiary/aromatic N) is 1. The monoisotopic (exact) mass is 451 g/mol. The summed E-state index contributed by atoms with van der Waals surface area (Å²) in [5, 5.41) is 5.48. The lowest BCUT2D eigenvalue weighted by molar-refractivity contribution is -0.120. The van der Waals surface area contributed by atoms with Gasteiger partial charge in [0.1, 0.15) is 12.4 Å². The molecule has 3 aromatic carbocycles. The van der Waals surface area contributed by atoms with Crippen LogP contribution in [-0.2, 0) is 17.9 Å². The molecule has 1 aromatic heterocycles. The van der Waals surface area contributed by atoms with E-state index in [2.05, 4.69) is 15.6 Å². The maximum Gasteiger partial charge on any atom is 0.251 e. The van der Waals surface area contributed by atoms with Gasteiger partial charge in [-0.3, -0.25) is 14.6 Å². The third-order valence-corrected chi connectivity index (χ3v) is 5.16. The molecule has 0 fully saturated rings. The zero-order valence-electron chi connectivity index (χ0n) is 18.6. The van der Waals surface area contributed by atoms with Crippen molar-refractivity contribution in [2.45, 2.75) is 13.2 Å². The van der Waals surface area contributed by atoms with Crippen molar-refractivity contribution in [2.75, 3.05) is 6.54 Å². The minimum atomic E-state index is -0.292. The number of benzene rings is 3. The lowest BCUT2D eigenvalue weighted by atomic mass is 10.0. The van der Waals surface area contributed by atoms with Crippen LogP contribution in [0.4, 0.5) is 0 Å². The van der Waals surface area contributed by atoms with Crippen LogP contribution in [0.5, 0.6) is 5.75 Å². The molecule has 1 heterocycles. The summed E-state index contributed by atoms with van der Waals surface area (Å²) in [7, 11) is 0. The minimum Gasteiger partial charge on any atom is -0.487 e. The number of hydrogen-bond acceptors (Lipinski definition) is 4. The molecule has 0 saturated heterocycles. The Morgan fingerprint density at radius 2 is 1.53 bits per heavy atom. The Labute approximate surface area is 198 Å². The molecule has 0 aliphatic carbocycles. The number of hydrogen-bond donors (Lipinski definition) is 2. The van der Waals surface area contributed by atoms with E-state index in [0.717, 1.165) is 22.4 Å². The van der Waals surface area contributed by atoms with Gasteiger partial charge in [0.25, 0.3) is 5.91 Å². The fourth-order valence-corrected chi connectivity index (χ4v) is 3.36. The molecule has 0 radical (unpaired) electrons. The highest BCUT2D eigenvalue weighted by molar-refractivity contribution is 5.96. The van der Waals surface area contributed by atoms with E-state index in [0.29, 0.717) is 24.5 Å². The number of carbonyl (C=O) groups excluding carboxylic acids is 2. The second-order valence-corrected chi connectivity index (χ2v) is 7.66. The van der Waals surface area contributed by atoms with Gasteiger partial charge in [0.05, 0.1) is 12.2 Å². The molecule has 0 spiro atoms. The van der Waals surface area contributed by atoms with E-state index in [-0.39, 0.29) is 18.4 Å². The Morgan fingerprint density at radius 3 is 2.29 bits per heavy atom. The lowest BCUT2D eigenvalue weighted by Crippen LogP contribution is -2.36. The van der Waals surface area contributed by atoms with Gasteiger partial charge >= 0.3 is 0 Å². The molecule has 6 heteroatoms. The summed E-state index contributed by atoms with van der Waals surface area (Å²) in [4.78, 5) is 28.8. The van der Waals surface area contributed by atoms with Crippen LogP contribution in [0.3, 0.4) is 0 Å². The molecule has 4 aromatic rings. The average Bonchev–Trinajstić information content (AvgIpc) is 2.91. The third kappa shape index (κ3) is 6.53. The second kappa shape index (κ2) is 11.4. The summed E-state index contributed by atoms with van der Waals surface area (Å²) in [5.74, 6) is 0.137. The van der Waals surface area contributed by atoms with Gasteiger partial charge in [0, 0.05) is 18.3 Å². The molecule has 0 unspecified atom stereocenters. The van der Waals surface area contributed by atoms with Crippen molar-refractivity contribution in [3.63, 3.8) is 0 Å². The quantitative estimate of drug-likeness (QED) is 0.396. The number of aromatic nitrogens is 1. The van der Waals surface area contributed by atoms with Crippen LogP contribution in [0, 0.1) is 0 Å². The van der Waals surface area contributed by atoms with E-state index < -0.39 is 0 Å². The van der Waals surface area contributed by atoms with Gasteiger partial charge in [-0.2, -0.15) is 0 Å². The highest BCUT2D eigenvalue weighted by Crippen LogP contribution is 2.19. The SMILES string of the molecule is O=C(CNC(=O)c1ccc(-c2ccccc2)cc1)NCc1cccc(OCc2ccccn2)c1. The van der Waals surface area contributed by atoms with Crippen LogP contribution in [-0.4, -0.2) is 23.3 Å². The maximum atomic E-state index is 12.4. The van der Waals surface area contributed by atoms with Gasteiger partial charge in [-0.15, -0.1) is 0 Å². The largest absolute Gasteiger partial charge is 0.487 e. The van der Waals surface area contributed by atoms with Crippen molar-refractivity contribution < 1.29 is 14.3 Å². The highest BCUT2D eigenvalue weighted by atomic mass is 16.5. The molecule has 0 bridgehead atoms.